The van der Waals surface area contributed by atoms with Gasteiger partial charge in [0.2, 0.25) is 5.88 Å². The third kappa shape index (κ3) is 1.80. The Kier molecular flexibility index (Phi) is 2.36. The molecule has 0 aliphatic heterocycles. The van der Waals surface area contributed by atoms with Crippen molar-refractivity contribution in [3.8, 4) is 17.0 Å². The molecule has 0 fully saturated rings. The summed E-state index contributed by atoms with van der Waals surface area (Å²) in [4.78, 5) is 0. The minimum atomic E-state index is -0.735. The first-order chi connectivity index (χ1) is 7.08. The molecule has 0 saturated carbocycles. The van der Waals surface area contributed by atoms with Gasteiger partial charge in [0.15, 0.2) is 11.6 Å². The zero-order valence-corrected chi connectivity index (χ0v) is 8.95. The number of nitrogen functional groups attached to an aromatic ring is 1. The quantitative estimate of drug-likeness (QED) is 0.837. The van der Waals surface area contributed by atoms with Crippen LogP contribution in [-0.4, -0.2) is 10.3 Å². The Bertz CT molecular complexity index is 513. The molecule has 2 aromatic rings. The summed E-state index contributed by atoms with van der Waals surface area (Å²) in [6.07, 6.45) is 0. The number of anilines is 1. The van der Waals surface area contributed by atoms with Crippen LogP contribution >= 0.6 is 15.9 Å². The number of aromatic hydroxyl groups is 1. The molecule has 1 heterocycles. The van der Waals surface area contributed by atoms with Gasteiger partial charge in [-0.05, 0) is 12.1 Å². The van der Waals surface area contributed by atoms with E-state index < -0.39 is 11.6 Å². The number of halogens is 2. The number of rotatable bonds is 1. The van der Waals surface area contributed by atoms with Gasteiger partial charge < -0.3 is 15.4 Å². The minimum absolute atomic E-state index is 0.102. The van der Waals surface area contributed by atoms with E-state index in [4.69, 9.17) is 5.73 Å². The number of nitrogens with two attached hydrogens (primary N) is 1. The first kappa shape index (κ1) is 9.97. The molecule has 3 N–H and O–H groups in total. The average Bonchev–Trinajstić information content (AvgIpc) is 2.58. The molecule has 1 aromatic carbocycles. The van der Waals surface area contributed by atoms with Gasteiger partial charge in [-0.1, -0.05) is 21.1 Å². The molecule has 0 aliphatic carbocycles. The molecule has 4 nitrogen and oxygen atoms in total. The summed E-state index contributed by atoms with van der Waals surface area (Å²) in [6, 6.07) is 4.08. The Morgan fingerprint density at radius 3 is 2.73 bits per heavy atom. The summed E-state index contributed by atoms with van der Waals surface area (Å²) < 4.78 is 18.3. The van der Waals surface area contributed by atoms with Crippen LogP contribution in [0, 0.1) is 5.82 Å². The lowest BCUT2D eigenvalue weighted by molar-refractivity contribution is 0.427. The number of nitrogens with zero attached hydrogens (tertiary/aromatic N) is 1. The lowest BCUT2D eigenvalue weighted by atomic mass is 10.1. The maximum Gasteiger partial charge on any atom is 0.222 e. The van der Waals surface area contributed by atoms with Gasteiger partial charge in [0, 0.05) is 16.1 Å². The van der Waals surface area contributed by atoms with Crippen molar-refractivity contribution in [2.45, 2.75) is 0 Å². The Morgan fingerprint density at radius 1 is 1.40 bits per heavy atom. The number of phenolic OH excluding ortho intramolecular Hbond substituents is 1. The minimum Gasteiger partial charge on any atom is -0.504 e. The second-order valence-electron chi connectivity index (χ2n) is 2.90. The van der Waals surface area contributed by atoms with Crippen molar-refractivity contribution in [2.75, 3.05) is 5.73 Å². The van der Waals surface area contributed by atoms with Gasteiger partial charge in [0.05, 0.1) is 0 Å². The normalized spacial score (nSPS) is 10.5. The molecule has 0 saturated heterocycles. The van der Waals surface area contributed by atoms with Crippen LogP contribution in [0.15, 0.2) is 27.2 Å². The van der Waals surface area contributed by atoms with Crippen LogP contribution in [0.5, 0.6) is 5.75 Å². The van der Waals surface area contributed by atoms with Crippen molar-refractivity contribution in [1.29, 1.82) is 0 Å². The monoisotopic (exact) mass is 272 g/mol. The van der Waals surface area contributed by atoms with E-state index in [1.54, 1.807) is 0 Å². The highest BCUT2D eigenvalue weighted by molar-refractivity contribution is 9.10. The van der Waals surface area contributed by atoms with E-state index in [9.17, 15) is 9.50 Å². The smallest absolute Gasteiger partial charge is 0.222 e. The van der Waals surface area contributed by atoms with Crippen molar-refractivity contribution in [3.63, 3.8) is 0 Å². The first-order valence-corrected chi connectivity index (χ1v) is 4.78. The highest BCUT2D eigenvalue weighted by Crippen LogP contribution is 2.34. The molecule has 1 aromatic heterocycles. The molecule has 0 radical (unpaired) electrons. The highest BCUT2D eigenvalue weighted by Gasteiger charge is 2.14. The fourth-order valence-corrected chi connectivity index (χ4v) is 1.61. The predicted octanol–water partition coefficient (Wildman–Crippen LogP) is 2.53. The fraction of sp³-hybridized carbons (Fsp3) is 0. The van der Waals surface area contributed by atoms with Crippen LogP contribution in [0.4, 0.5) is 10.3 Å². The molecule has 0 atom stereocenters. The van der Waals surface area contributed by atoms with Crippen molar-refractivity contribution < 1.29 is 14.0 Å². The van der Waals surface area contributed by atoms with E-state index in [0.717, 1.165) is 6.07 Å². The topological polar surface area (TPSA) is 72.3 Å². The number of aromatic nitrogens is 1. The average molecular weight is 273 g/mol. The predicted molar refractivity (Wildman–Crippen MR) is 55.7 cm³/mol. The van der Waals surface area contributed by atoms with E-state index in [0.29, 0.717) is 4.47 Å². The van der Waals surface area contributed by atoms with Crippen molar-refractivity contribution in [3.05, 3.63) is 28.5 Å². The zero-order valence-electron chi connectivity index (χ0n) is 7.37. The standard InChI is InChI=1S/C9H6BrFN2O2/c10-4-1-5(9(14)6(11)2-4)7-3-8(12)15-13-7/h1-3,14H,12H2. The van der Waals surface area contributed by atoms with Crippen molar-refractivity contribution in [1.82, 2.24) is 5.16 Å². The second-order valence-corrected chi connectivity index (χ2v) is 3.81. The van der Waals surface area contributed by atoms with Crippen molar-refractivity contribution in [2.24, 2.45) is 0 Å². The van der Waals surface area contributed by atoms with Crippen molar-refractivity contribution >= 4 is 21.8 Å². The maximum absolute atomic E-state index is 13.2. The second kappa shape index (κ2) is 3.54. The third-order valence-electron chi connectivity index (χ3n) is 1.83. The van der Waals surface area contributed by atoms with E-state index in [1.807, 2.05) is 0 Å². The fourth-order valence-electron chi connectivity index (χ4n) is 1.18. The molecule has 78 valence electrons. The Balaban J connectivity index is 2.62. The lowest BCUT2D eigenvalue weighted by Crippen LogP contribution is -1.84. The number of benzene rings is 1. The number of phenols is 1. The van der Waals surface area contributed by atoms with Crippen LogP contribution < -0.4 is 5.73 Å². The van der Waals surface area contributed by atoms with Crippen LogP contribution in [0.3, 0.4) is 0 Å². The summed E-state index contributed by atoms with van der Waals surface area (Å²) in [5, 5.41) is 13.0. The molecule has 0 aliphatic rings. The summed E-state index contributed by atoms with van der Waals surface area (Å²) in [6.45, 7) is 0. The Morgan fingerprint density at radius 2 is 2.13 bits per heavy atom. The zero-order chi connectivity index (χ0) is 11.0. The molecule has 0 amide bonds. The van der Waals surface area contributed by atoms with Gasteiger partial charge in [-0.2, -0.15) is 0 Å². The molecule has 0 spiro atoms. The van der Waals surface area contributed by atoms with Gasteiger partial charge in [0.1, 0.15) is 5.69 Å². The van der Waals surface area contributed by atoms with E-state index in [-0.39, 0.29) is 17.1 Å². The van der Waals surface area contributed by atoms with Crippen LogP contribution in [0.1, 0.15) is 0 Å². The van der Waals surface area contributed by atoms with E-state index >= 15 is 0 Å². The number of hydrogen-bond acceptors (Lipinski definition) is 4. The SMILES string of the molecule is Nc1cc(-c2cc(Br)cc(F)c2O)no1. The van der Waals surface area contributed by atoms with Gasteiger partial charge in [-0.25, -0.2) is 4.39 Å². The van der Waals surface area contributed by atoms with Crippen LogP contribution in [-0.2, 0) is 0 Å². The molecule has 2 rings (SSSR count). The molecule has 0 bridgehead atoms. The highest BCUT2D eigenvalue weighted by atomic mass is 79.9. The van der Waals surface area contributed by atoms with E-state index in [1.165, 1.54) is 12.1 Å². The van der Waals surface area contributed by atoms with Gasteiger partial charge in [0.25, 0.3) is 0 Å². The summed E-state index contributed by atoms with van der Waals surface area (Å²) >= 11 is 3.11. The largest absolute Gasteiger partial charge is 0.504 e. The maximum atomic E-state index is 13.2. The van der Waals surface area contributed by atoms with Crippen LogP contribution in [0.2, 0.25) is 0 Å². The number of hydrogen-bond donors (Lipinski definition) is 2. The Hall–Kier alpha value is -1.56. The summed E-state index contributed by atoms with van der Waals surface area (Å²) in [5.74, 6) is -1.11. The molecule has 15 heavy (non-hydrogen) atoms. The van der Waals surface area contributed by atoms with Gasteiger partial charge in [-0.3, -0.25) is 0 Å². The van der Waals surface area contributed by atoms with Gasteiger partial charge >= 0.3 is 0 Å². The lowest BCUT2D eigenvalue weighted by Gasteiger charge is -2.02. The van der Waals surface area contributed by atoms with E-state index in [2.05, 4.69) is 25.6 Å². The third-order valence-corrected chi connectivity index (χ3v) is 2.29. The first-order valence-electron chi connectivity index (χ1n) is 3.98. The molecular weight excluding hydrogens is 267 g/mol. The Labute approximate surface area is 92.6 Å². The summed E-state index contributed by atoms with van der Waals surface area (Å²) in [7, 11) is 0. The summed E-state index contributed by atoms with van der Waals surface area (Å²) in [5.41, 5.74) is 5.83. The van der Waals surface area contributed by atoms with Gasteiger partial charge in [-0.15, -0.1) is 0 Å². The van der Waals surface area contributed by atoms with Crippen LogP contribution in [0.25, 0.3) is 11.3 Å². The molecule has 6 heteroatoms. The molecule has 0 unspecified atom stereocenters. The molecular formula is C9H6BrFN2O2.